The summed E-state index contributed by atoms with van der Waals surface area (Å²) in [7, 11) is 0. The van der Waals surface area contributed by atoms with E-state index in [4.69, 9.17) is 19.9 Å². The molecule has 0 atom stereocenters. The van der Waals surface area contributed by atoms with Crippen LogP contribution in [0.5, 0.6) is 0 Å². The van der Waals surface area contributed by atoms with Gasteiger partial charge in [0.05, 0.1) is 0 Å². The molecule has 0 fully saturated rings. The van der Waals surface area contributed by atoms with E-state index in [0.717, 1.165) is 85.0 Å². The molecule has 7 heterocycles. The number of pyridine rings is 2. The van der Waals surface area contributed by atoms with E-state index < -0.39 is 0 Å². The average molecular weight is 766 g/mol. The van der Waals surface area contributed by atoms with Crippen LogP contribution in [0, 0.1) is 0 Å². The van der Waals surface area contributed by atoms with Gasteiger partial charge in [0.1, 0.15) is 23.8 Å². The molecule has 8 nitrogen and oxygen atoms in total. The second-order valence-corrected chi connectivity index (χ2v) is 15.5. The molecule has 4 aliphatic heterocycles. The van der Waals surface area contributed by atoms with Crippen LogP contribution in [0.3, 0.4) is 0 Å². The highest BCUT2D eigenvalue weighted by Gasteiger charge is 2.49. The molecule has 13 rings (SSSR count). The number of hydrogen-bond donors (Lipinski definition) is 0. The Morgan fingerprint density at radius 1 is 0.333 bits per heavy atom. The third-order valence-electron chi connectivity index (χ3n) is 12.4. The molecule has 0 spiro atoms. The number of para-hydroxylation sites is 4. The number of fused-ring (bicyclic) bond motifs is 8. The lowest BCUT2D eigenvalue weighted by Crippen LogP contribution is -2.65. The lowest BCUT2D eigenvalue weighted by atomic mass is 9.30. The smallest absolute Gasteiger partial charge is 0.258 e. The largest absolute Gasteiger partial charge is 0.311 e. The van der Waals surface area contributed by atoms with Crippen LogP contribution in [0.4, 0.5) is 68.6 Å². The fraction of sp³-hybridized carbons (Fsp3) is 0. The third kappa shape index (κ3) is 4.58. The van der Waals surface area contributed by atoms with Crippen molar-refractivity contribution in [3.05, 3.63) is 195 Å². The maximum absolute atomic E-state index is 5.15. The fourth-order valence-corrected chi connectivity index (χ4v) is 10.1. The topological polar surface area (TPSA) is 64.5 Å². The van der Waals surface area contributed by atoms with Gasteiger partial charge in [-0.2, -0.15) is 0 Å². The summed E-state index contributed by atoms with van der Waals surface area (Å²) in [4.78, 5) is 29.6. The molecule has 10 heteroatoms. The van der Waals surface area contributed by atoms with Crippen LogP contribution in [0.1, 0.15) is 0 Å². The number of benzene rings is 6. The van der Waals surface area contributed by atoms with Crippen LogP contribution in [0.15, 0.2) is 195 Å². The third-order valence-corrected chi connectivity index (χ3v) is 12.4. The molecule has 0 aliphatic carbocycles. The standard InChI is InChI=1S/C50H32B2N8/c1-5-15-33(16-6-1)57-42-24-13-25-43-46(42)51(37-23-14-27-54-48(37)59(43)35-19-9-3-10-20-35)38-29-39-45(30-44(38)57)60(36-21-11-4-12-22-36)50-47-49(55-32-56-50)58(34-17-7-2-8-18-34)41-26-28-53-31-40(41)52(39)47/h1-32H. The lowest BCUT2D eigenvalue weighted by Gasteiger charge is -2.46. The van der Waals surface area contributed by atoms with Crippen molar-refractivity contribution in [1.82, 2.24) is 19.9 Å². The maximum Gasteiger partial charge on any atom is 0.258 e. The van der Waals surface area contributed by atoms with Gasteiger partial charge >= 0.3 is 0 Å². The number of aromatic nitrogens is 4. The van der Waals surface area contributed by atoms with E-state index in [-0.39, 0.29) is 13.4 Å². The van der Waals surface area contributed by atoms with Gasteiger partial charge in [-0.05, 0) is 106 Å². The van der Waals surface area contributed by atoms with Crippen molar-refractivity contribution < 1.29 is 0 Å². The Bertz CT molecular complexity index is 2940. The van der Waals surface area contributed by atoms with Crippen LogP contribution in [0.2, 0.25) is 0 Å². The summed E-state index contributed by atoms with van der Waals surface area (Å²) >= 11 is 0. The van der Waals surface area contributed by atoms with Crippen molar-refractivity contribution in [2.45, 2.75) is 0 Å². The van der Waals surface area contributed by atoms with Gasteiger partial charge in [-0.3, -0.25) is 19.7 Å². The van der Waals surface area contributed by atoms with Crippen LogP contribution >= 0.6 is 0 Å². The molecule has 3 aromatic heterocycles. The Balaban J connectivity index is 1.14. The Labute approximate surface area is 347 Å². The van der Waals surface area contributed by atoms with E-state index in [2.05, 4.69) is 189 Å². The maximum atomic E-state index is 5.15. The van der Waals surface area contributed by atoms with Gasteiger partial charge in [-0.1, -0.05) is 91.0 Å². The van der Waals surface area contributed by atoms with E-state index >= 15 is 0 Å². The molecular formula is C50H32B2N8. The first-order chi connectivity index (χ1) is 29.8. The summed E-state index contributed by atoms with van der Waals surface area (Å²) in [5, 5.41) is 0. The van der Waals surface area contributed by atoms with E-state index in [9.17, 15) is 0 Å². The second-order valence-electron chi connectivity index (χ2n) is 15.5. The summed E-state index contributed by atoms with van der Waals surface area (Å²) in [6.45, 7) is -0.296. The Morgan fingerprint density at radius 3 is 1.47 bits per heavy atom. The zero-order chi connectivity index (χ0) is 39.3. The molecule has 0 radical (unpaired) electrons. The van der Waals surface area contributed by atoms with Crippen LogP contribution < -0.4 is 52.4 Å². The first-order valence-corrected chi connectivity index (χ1v) is 20.3. The Morgan fingerprint density at radius 2 is 0.850 bits per heavy atom. The SMILES string of the molecule is c1ccc(N2c3cc4c(cc3B3c5cccnc5N(c5ccccc5)c5cccc2c53)B2c3cnccc3N(c3ccccc3)c3ncnc(c32)N4c2ccccc2)cc1. The molecule has 0 amide bonds. The zero-order valence-corrected chi connectivity index (χ0v) is 32.2. The molecule has 4 aliphatic rings. The molecular weight excluding hydrogens is 734 g/mol. The van der Waals surface area contributed by atoms with E-state index in [1.165, 1.54) is 16.4 Å². The van der Waals surface area contributed by atoms with Crippen molar-refractivity contribution in [2.75, 3.05) is 19.6 Å². The van der Waals surface area contributed by atoms with Gasteiger partial charge in [0.25, 0.3) is 13.4 Å². The number of nitrogens with zero attached hydrogens (tertiary/aromatic N) is 8. The molecule has 0 bridgehead atoms. The molecule has 0 saturated heterocycles. The van der Waals surface area contributed by atoms with Gasteiger partial charge in [-0.15, -0.1) is 0 Å². The number of rotatable bonds is 4. The Hall–Kier alpha value is -7.97. The zero-order valence-electron chi connectivity index (χ0n) is 32.2. The minimum Gasteiger partial charge on any atom is -0.311 e. The van der Waals surface area contributed by atoms with Crippen LogP contribution in [-0.2, 0) is 0 Å². The first-order valence-electron chi connectivity index (χ1n) is 20.3. The number of hydrogen-bond acceptors (Lipinski definition) is 8. The average Bonchev–Trinajstić information content (AvgIpc) is 3.32. The van der Waals surface area contributed by atoms with E-state index in [1.807, 2.05) is 18.6 Å². The first kappa shape index (κ1) is 33.0. The van der Waals surface area contributed by atoms with Crippen molar-refractivity contribution >= 4 is 115 Å². The van der Waals surface area contributed by atoms with Gasteiger partial charge in [0.15, 0.2) is 0 Å². The van der Waals surface area contributed by atoms with Gasteiger partial charge in [0.2, 0.25) is 0 Å². The molecule has 6 aromatic carbocycles. The highest BCUT2D eigenvalue weighted by Crippen LogP contribution is 2.47. The minimum atomic E-state index is -0.195. The second kappa shape index (κ2) is 12.8. The van der Waals surface area contributed by atoms with E-state index in [0.29, 0.717) is 0 Å². The quantitative estimate of drug-likeness (QED) is 0.172. The van der Waals surface area contributed by atoms with Gasteiger partial charge in [-0.25, -0.2) is 15.0 Å². The summed E-state index contributed by atoms with van der Waals surface area (Å²) in [6, 6.07) is 60.5. The van der Waals surface area contributed by atoms with Crippen LogP contribution in [-0.4, -0.2) is 33.4 Å². The van der Waals surface area contributed by atoms with Crippen LogP contribution in [0.25, 0.3) is 0 Å². The molecule has 0 unspecified atom stereocenters. The molecule has 0 saturated carbocycles. The summed E-state index contributed by atoms with van der Waals surface area (Å²) in [5.41, 5.74) is 16.7. The van der Waals surface area contributed by atoms with Gasteiger partial charge in [0, 0.05) is 75.2 Å². The van der Waals surface area contributed by atoms with Gasteiger partial charge < -0.3 is 4.90 Å². The highest BCUT2D eigenvalue weighted by molar-refractivity contribution is 7.03. The van der Waals surface area contributed by atoms with Crippen molar-refractivity contribution in [1.29, 1.82) is 0 Å². The fourth-order valence-electron chi connectivity index (χ4n) is 10.1. The lowest BCUT2D eigenvalue weighted by molar-refractivity contribution is 1.09. The minimum absolute atomic E-state index is 0.101. The predicted octanol–water partition coefficient (Wildman–Crippen LogP) is 7.43. The van der Waals surface area contributed by atoms with Crippen molar-refractivity contribution in [2.24, 2.45) is 0 Å². The summed E-state index contributed by atoms with van der Waals surface area (Å²) in [5.74, 6) is 2.66. The van der Waals surface area contributed by atoms with E-state index in [1.54, 1.807) is 6.33 Å². The molecule has 0 N–H and O–H groups in total. The predicted molar refractivity (Wildman–Crippen MR) is 246 cm³/mol. The van der Waals surface area contributed by atoms with Crippen molar-refractivity contribution in [3.8, 4) is 0 Å². The monoisotopic (exact) mass is 766 g/mol. The Kier molecular flexibility index (Phi) is 7.03. The van der Waals surface area contributed by atoms with Crippen molar-refractivity contribution in [3.63, 3.8) is 0 Å². The number of anilines is 12. The highest BCUT2D eigenvalue weighted by atomic mass is 15.3. The summed E-state index contributed by atoms with van der Waals surface area (Å²) in [6.07, 6.45) is 7.55. The normalized spacial score (nSPS) is 13.8. The molecule has 60 heavy (non-hydrogen) atoms. The summed E-state index contributed by atoms with van der Waals surface area (Å²) < 4.78 is 0. The molecule has 9 aromatic rings. The molecule has 278 valence electrons.